The van der Waals surface area contributed by atoms with Gasteiger partial charge in [0.15, 0.2) is 0 Å². The summed E-state index contributed by atoms with van der Waals surface area (Å²) in [7, 11) is 0. The highest BCUT2D eigenvalue weighted by Crippen LogP contribution is 2.47. The molecule has 1 aromatic rings. The van der Waals surface area contributed by atoms with E-state index in [0.717, 1.165) is 0 Å². The largest absolute Gasteiger partial charge is 0.395 e. The first-order valence-corrected chi connectivity index (χ1v) is 6.99. The molecule has 2 rings (SSSR count). The van der Waals surface area contributed by atoms with Crippen molar-refractivity contribution in [1.82, 2.24) is 9.55 Å². The van der Waals surface area contributed by atoms with Gasteiger partial charge in [0.2, 0.25) is 0 Å². The predicted octanol–water partition coefficient (Wildman–Crippen LogP) is 0.482. The predicted molar refractivity (Wildman–Crippen MR) is 75.2 cm³/mol. The van der Waals surface area contributed by atoms with Crippen LogP contribution in [0.4, 0.5) is 5.82 Å². The lowest BCUT2D eigenvalue weighted by Gasteiger charge is -2.15. The van der Waals surface area contributed by atoms with Gasteiger partial charge in [0.05, 0.1) is 18.0 Å². The number of aliphatic hydroxyl groups is 2. The Morgan fingerprint density at radius 2 is 2.26 bits per heavy atom. The Hall–Kier alpha value is -0.730. The molecule has 0 saturated carbocycles. The summed E-state index contributed by atoms with van der Waals surface area (Å²) < 4.78 is 1.14. The van der Waals surface area contributed by atoms with Gasteiger partial charge in [-0.15, -0.1) is 11.8 Å². The Morgan fingerprint density at radius 1 is 1.58 bits per heavy atom. The Morgan fingerprint density at radius 3 is 2.79 bits per heavy atom. The number of thioether (sulfide) groups is 1. The number of rotatable bonds is 2. The van der Waals surface area contributed by atoms with Gasteiger partial charge >= 0.3 is 5.69 Å². The second-order valence-corrected chi connectivity index (χ2v) is 6.19. The number of anilines is 1. The van der Waals surface area contributed by atoms with Gasteiger partial charge in [-0.05, 0) is 6.07 Å². The Labute approximate surface area is 122 Å². The number of hydrogen-bond donors (Lipinski definition) is 3. The molecule has 1 aromatic heterocycles. The number of nitrogens with zero attached hydrogens (tertiary/aromatic N) is 2. The average molecular weight is 324 g/mol. The molecule has 1 saturated heterocycles. The molecule has 0 unspecified atom stereocenters. The fraction of sp³-hybridized carbons (Fsp3) is 0.400. The Kier molecular flexibility index (Phi) is 4.42. The minimum absolute atomic E-state index is 0.103. The number of aliphatic hydroxyl groups excluding tert-OH is 2. The van der Waals surface area contributed by atoms with Crippen molar-refractivity contribution >= 4 is 40.8 Å². The van der Waals surface area contributed by atoms with Crippen LogP contribution >= 0.6 is 35.0 Å². The Bertz CT molecular complexity index is 573. The van der Waals surface area contributed by atoms with E-state index in [1.807, 2.05) is 0 Å². The van der Waals surface area contributed by atoms with Crippen LogP contribution in [0.5, 0.6) is 0 Å². The van der Waals surface area contributed by atoms with Crippen LogP contribution in [0.15, 0.2) is 27.1 Å². The van der Waals surface area contributed by atoms with Crippen LogP contribution in [0.3, 0.4) is 0 Å². The van der Waals surface area contributed by atoms with E-state index in [2.05, 4.69) is 4.98 Å². The molecule has 0 aliphatic carbocycles. The number of halogens is 2. The smallest absolute Gasteiger partial charge is 0.350 e. The lowest BCUT2D eigenvalue weighted by atomic mass is 10.1. The van der Waals surface area contributed by atoms with Crippen LogP contribution in [0.2, 0.25) is 0 Å². The van der Waals surface area contributed by atoms with E-state index in [9.17, 15) is 15.0 Å². The first-order chi connectivity index (χ1) is 8.95. The maximum atomic E-state index is 11.8. The van der Waals surface area contributed by atoms with Crippen molar-refractivity contribution in [3.63, 3.8) is 0 Å². The molecule has 19 heavy (non-hydrogen) atoms. The lowest BCUT2D eigenvalue weighted by molar-refractivity contribution is 0.171. The summed E-state index contributed by atoms with van der Waals surface area (Å²) in [5.41, 5.74) is 5.12. The highest BCUT2D eigenvalue weighted by atomic mass is 35.5. The second-order valence-electron chi connectivity index (χ2n) is 3.91. The highest BCUT2D eigenvalue weighted by molar-refractivity contribution is 8.00. The summed E-state index contributed by atoms with van der Waals surface area (Å²) in [4.78, 5) is 15.4. The van der Waals surface area contributed by atoms with E-state index in [0.29, 0.717) is 0 Å². The standard InChI is InChI=1S/C10H11Cl2N3O3S/c11-8(12)6-7(17)4(3-16)19-9(6)15-2-1-5(13)14-10(15)18/h1-2,4,7,9,16-17H,3H2,(H2,13,14,18)/t4-,7-,9-/m1/s1. The molecule has 9 heteroatoms. The van der Waals surface area contributed by atoms with Crippen molar-refractivity contribution in [2.24, 2.45) is 0 Å². The van der Waals surface area contributed by atoms with Crippen LogP contribution in [0.25, 0.3) is 0 Å². The molecule has 0 bridgehead atoms. The van der Waals surface area contributed by atoms with E-state index in [4.69, 9.17) is 28.9 Å². The summed E-state index contributed by atoms with van der Waals surface area (Å²) in [6, 6.07) is 1.46. The second kappa shape index (κ2) is 5.72. The van der Waals surface area contributed by atoms with Crippen molar-refractivity contribution in [1.29, 1.82) is 0 Å². The van der Waals surface area contributed by atoms with E-state index >= 15 is 0 Å². The van der Waals surface area contributed by atoms with Crippen LogP contribution in [-0.4, -0.2) is 37.7 Å². The molecule has 0 amide bonds. The number of nitrogen functional groups attached to an aromatic ring is 1. The minimum Gasteiger partial charge on any atom is -0.395 e. The molecule has 1 aliphatic heterocycles. The van der Waals surface area contributed by atoms with Gasteiger partial charge in [-0.3, -0.25) is 4.57 Å². The average Bonchev–Trinajstić information content (AvgIpc) is 2.66. The zero-order chi connectivity index (χ0) is 14.2. The van der Waals surface area contributed by atoms with Crippen molar-refractivity contribution < 1.29 is 10.2 Å². The molecule has 2 heterocycles. The van der Waals surface area contributed by atoms with Crippen molar-refractivity contribution in [2.75, 3.05) is 12.3 Å². The van der Waals surface area contributed by atoms with Gasteiger partial charge in [0.1, 0.15) is 15.7 Å². The van der Waals surface area contributed by atoms with Gasteiger partial charge in [-0.2, -0.15) is 4.98 Å². The normalized spacial score (nSPS) is 26.7. The van der Waals surface area contributed by atoms with Crippen LogP contribution in [-0.2, 0) is 0 Å². The van der Waals surface area contributed by atoms with Gasteiger partial charge in [0.25, 0.3) is 0 Å². The Balaban J connectivity index is 2.49. The summed E-state index contributed by atoms with van der Waals surface area (Å²) in [6.07, 6.45) is 0.431. The molecule has 6 nitrogen and oxygen atoms in total. The molecule has 0 radical (unpaired) electrons. The zero-order valence-corrected chi connectivity index (χ0v) is 11.9. The molecule has 4 N–H and O–H groups in total. The molecular weight excluding hydrogens is 313 g/mol. The first kappa shape index (κ1) is 14.7. The van der Waals surface area contributed by atoms with Gasteiger partial charge in [-0.1, -0.05) is 23.2 Å². The molecule has 1 fully saturated rings. The van der Waals surface area contributed by atoms with E-state index in [1.54, 1.807) is 0 Å². The summed E-state index contributed by atoms with van der Waals surface area (Å²) in [5, 5.41) is 18.1. The van der Waals surface area contributed by atoms with Gasteiger partial charge in [0, 0.05) is 11.8 Å². The topological polar surface area (TPSA) is 101 Å². The SMILES string of the molecule is Nc1ccn([C@@H]2S[C@H](CO)[C@@H](O)C2=C(Cl)Cl)c(=O)n1. The quantitative estimate of drug-likeness (QED) is 0.731. The molecule has 1 aliphatic rings. The first-order valence-electron chi connectivity index (χ1n) is 5.29. The number of hydrogen-bond acceptors (Lipinski definition) is 6. The summed E-state index contributed by atoms with van der Waals surface area (Å²) >= 11 is 12.7. The van der Waals surface area contributed by atoms with Crippen molar-refractivity contribution in [2.45, 2.75) is 16.7 Å². The fourth-order valence-corrected chi connectivity index (χ4v) is 3.80. The van der Waals surface area contributed by atoms with E-state index in [1.165, 1.54) is 28.6 Å². The summed E-state index contributed by atoms with van der Waals surface area (Å²) in [6.45, 7) is -0.260. The third-order valence-electron chi connectivity index (χ3n) is 2.74. The van der Waals surface area contributed by atoms with Gasteiger partial charge < -0.3 is 15.9 Å². The van der Waals surface area contributed by atoms with E-state index in [-0.39, 0.29) is 22.5 Å². The number of aromatic nitrogens is 2. The molecule has 0 spiro atoms. The highest BCUT2D eigenvalue weighted by Gasteiger charge is 2.41. The lowest BCUT2D eigenvalue weighted by Crippen LogP contribution is -2.27. The molecule has 0 aromatic carbocycles. The number of nitrogens with two attached hydrogens (primary N) is 1. The molecular formula is C10H11Cl2N3O3S. The third kappa shape index (κ3) is 2.75. The fourth-order valence-electron chi connectivity index (χ4n) is 1.83. The summed E-state index contributed by atoms with van der Waals surface area (Å²) in [5.74, 6) is 0.103. The maximum Gasteiger partial charge on any atom is 0.350 e. The molecule has 3 atom stereocenters. The van der Waals surface area contributed by atoms with E-state index < -0.39 is 22.4 Å². The van der Waals surface area contributed by atoms with Crippen molar-refractivity contribution in [3.8, 4) is 0 Å². The van der Waals surface area contributed by atoms with Crippen LogP contribution < -0.4 is 11.4 Å². The van der Waals surface area contributed by atoms with Crippen molar-refractivity contribution in [3.05, 3.63) is 32.8 Å². The minimum atomic E-state index is -1.02. The monoisotopic (exact) mass is 323 g/mol. The molecule has 104 valence electrons. The third-order valence-corrected chi connectivity index (χ3v) is 4.67. The van der Waals surface area contributed by atoms with Gasteiger partial charge in [-0.25, -0.2) is 4.79 Å². The van der Waals surface area contributed by atoms with Crippen LogP contribution in [0.1, 0.15) is 5.37 Å². The zero-order valence-electron chi connectivity index (χ0n) is 9.53. The maximum absolute atomic E-state index is 11.8. The van der Waals surface area contributed by atoms with Crippen LogP contribution in [0, 0.1) is 0 Å².